The monoisotopic (exact) mass is 299 g/mol. The minimum atomic E-state index is -4.40. The van der Waals surface area contributed by atoms with Crippen LogP contribution in [0.25, 0.3) is 0 Å². The summed E-state index contributed by atoms with van der Waals surface area (Å²) in [6.45, 7) is 0.918. The molecule has 0 saturated carbocycles. The summed E-state index contributed by atoms with van der Waals surface area (Å²) in [5.41, 5.74) is -0.695. The molecule has 1 rings (SSSR count). The first-order valence-corrected chi connectivity index (χ1v) is 5.05. The first-order valence-electron chi connectivity index (χ1n) is 3.88. The van der Waals surface area contributed by atoms with Gasteiger partial charge in [-0.25, -0.2) is 4.99 Å². The minimum absolute atomic E-state index is 0.203. The van der Waals surface area contributed by atoms with Crippen molar-refractivity contribution in [3.05, 3.63) is 27.7 Å². The van der Waals surface area contributed by atoms with E-state index in [9.17, 15) is 13.2 Å². The fraction of sp³-hybridized carbons (Fsp3) is 0.222. The number of halogens is 5. The van der Waals surface area contributed by atoms with Crippen LogP contribution in [0.3, 0.4) is 0 Å². The molecule has 15 heavy (non-hydrogen) atoms. The first kappa shape index (κ1) is 12.5. The molecule has 0 aliphatic carbocycles. The van der Waals surface area contributed by atoms with Crippen molar-refractivity contribution in [1.29, 1.82) is 0 Å². The molecular weight excluding hydrogens is 294 g/mol. The Morgan fingerprint density at radius 3 is 2.47 bits per heavy atom. The van der Waals surface area contributed by atoms with Gasteiger partial charge in [0, 0.05) is 9.50 Å². The summed E-state index contributed by atoms with van der Waals surface area (Å²) in [6.07, 6.45) is -4.40. The van der Waals surface area contributed by atoms with E-state index in [1.54, 1.807) is 0 Å². The summed E-state index contributed by atoms with van der Waals surface area (Å²) < 4.78 is 37.0. The molecule has 0 aromatic heterocycles. The molecule has 0 saturated heterocycles. The molecule has 6 heteroatoms. The van der Waals surface area contributed by atoms with Crippen LogP contribution in [-0.4, -0.2) is 11.9 Å². The molecule has 0 radical (unpaired) electrons. The SMILES string of the molecule is CC(=Nc1ccc(Cl)cc1Br)C(F)(F)F. The zero-order chi connectivity index (χ0) is 11.6. The molecular formula is C9H6BrClF3N. The van der Waals surface area contributed by atoms with Crippen molar-refractivity contribution in [2.24, 2.45) is 4.99 Å². The van der Waals surface area contributed by atoms with Crippen molar-refractivity contribution in [2.45, 2.75) is 13.1 Å². The molecule has 0 heterocycles. The van der Waals surface area contributed by atoms with Crippen molar-refractivity contribution in [1.82, 2.24) is 0 Å². The van der Waals surface area contributed by atoms with Gasteiger partial charge in [-0.2, -0.15) is 13.2 Å². The number of hydrogen-bond acceptors (Lipinski definition) is 1. The van der Waals surface area contributed by atoms with Gasteiger partial charge in [-0.3, -0.25) is 0 Å². The highest BCUT2D eigenvalue weighted by Gasteiger charge is 2.31. The Labute approximate surface area is 98.1 Å². The highest BCUT2D eigenvalue weighted by Crippen LogP contribution is 2.30. The Balaban J connectivity index is 3.09. The van der Waals surface area contributed by atoms with Crippen molar-refractivity contribution in [3.8, 4) is 0 Å². The van der Waals surface area contributed by atoms with E-state index in [1.165, 1.54) is 18.2 Å². The van der Waals surface area contributed by atoms with Gasteiger partial charge in [-0.15, -0.1) is 0 Å². The van der Waals surface area contributed by atoms with Gasteiger partial charge in [-0.05, 0) is 41.1 Å². The van der Waals surface area contributed by atoms with Crippen LogP contribution in [0, 0.1) is 0 Å². The van der Waals surface area contributed by atoms with Crippen LogP contribution in [0.5, 0.6) is 0 Å². The molecule has 0 unspecified atom stereocenters. The van der Waals surface area contributed by atoms with Crippen molar-refractivity contribution >= 4 is 38.9 Å². The van der Waals surface area contributed by atoms with Gasteiger partial charge in [0.1, 0.15) is 5.71 Å². The fourth-order valence-corrected chi connectivity index (χ4v) is 1.59. The maximum atomic E-state index is 12.2. The summed E-state index contributed by atoms with van der Waals surface area (Å²) in [5.74, 6) is 0. The quantitative estimate of drug-likeness (QED) is 0.663. The minimum Gasteiger partial charge on any atom is -0.248 e. The number of nitrogens with zero attached hydrogens (tertiary/aromatic N) is 1. The highest BCUT2D eigenvalue weighted by atomic mass is 79.9. The zero-order valence-electron chi connectivity index (χ0n) is 7.57. The first-order chi connectivity index (χ1) is 6.80. The zero-order valence-corrected chi connectivity index (χ0v) is 9.91. The van der Waals surface area contributed by atoms with Gasteiger partial charge < -0.3 is 0 Å². The van der Waals surface area contributed by atoms with Crippen molar-refractivity contribution in [3.63, 3.8) is 0 Å². The van der Waals surface area contributed by atoms with E-state index >= 15 is 0 Å². The van der Waals surface area contributed by atoms with Crippen LogP contribution in [0.1, 0.15) is 6.92 Å². The molecule has 1 aromatic rings. The summed E-state index contributed by atoms with van der Waals surface area (Å²) in [4.78, 5) is 3.46. The number of hydrogen-bond donors (Lipinski definition) is 0. The van der Waals surface area contributed by atoms with Gasteiger partial charge in [0.25, 0.3) is 0 Å². The van der Waals surface area contributed by atoms with Gasteiger partial charge in [0.2, 0.25) is 0 Å². The van der Waals surface area contributed by atoms with Crippen LogP contribution in [0.2, 0.25) is 5.02 Å². The smallest absolute Gasteiger partial charge is 0.248 e. The summed E-state index contributed by atoms with van der Waals surface area (Å²) in [5, 5.41) is 0.436. The molecule has 1 nitrogen and oxygen atoms in total. The Bertz CT molecular complexity index is 401. The third-order valence-electron chi connectivity index (χ3n) is 1.61. The summed E-state index contributed by atoms with van der Waals surface area (Å²) in [7, 11) is 0. The second kappa shape index (κ2) is 4.53. The lowest BCUT2D eigenvalue weighted by molar-refractivity contribution is -0.0591. The molecule has 0 spiro atoms. The van der Waals surface area contributed by atoms with Gasteiger partial charge >= 0.3 is 6.18 Å². The Morgan fingerprint density at radius 1 is 1.40 bits per heavy atom. The van der Waals surface area contributed by atoms with E-state index in [0.29, 0.717) is 9.50 Å². The third-order valence-corrected chi connectivity index (χ3v) is 2.48. The second-order valence-electron chi connectivity index (χ2n) is 2.79. The lowest BCUT2D eigenvalue weighted by Crippen LogP contribution is -2.18. The molecule has 0 atom stereocenters. The average molecular weight is 301 g/mol. The van der Waals surface area contributed by atoms with Gasteiger partial charge in [0.05, 0.1) is 5.69 Å². The maximum absolute atomic E-state index is 12.2. The molecule has 0 aliphatic rings. The molecule has 0 bridgehead atoms. The van der Waals surface area contributed by atoms with E-state index in [0.717, 1.165) is 6.92 Å². The third kappa shape index (κ3) is 3.50. The molecule has 0 fully saturated rings. The van der Waals surface area contributed by atoms with Gasteiger partial charge in [-0.1, -0.05) is 11.6 Å². The Morgan fingerprint density at radius 2 is 2.00 bits per heavy atom. The summed E-state index contributed by atoms with van der Waals surface area (Å²) in [6, 6.07) is 4.39. The second-order valence-corrected chi connectivity index (χ2v) is 4.08. The highest BCUT2D eigenvalue weighted by molar-refractivity contribution is 9.10. The van der Waals surface area contributed by atoms with Crippen LogP contribution in [-0.2, 0) is 0 Å². The van der Waals surface area contributed by atoms with Crippen molar-refractivity contribution in [2.75, 3.05) is 0 Å². The van der Waals surface area contributed by atoms with Crippen LogP contribution in [0.4, 0.5) is 18.9 Å². The fourth-order valence-electron chi connectivity index (χ4n) is 0.816. The molecule has 0 amide bonds. The molecule has 1 aromatic carbocycles. The standard InChI is InChI=1S/C9H6BrClF3N/c1-5(9(12,13)14)15-8-3-2-6(11)4-7(8)10/h2-4H,1H3. The predicted octanol–water partition coefficient (Wildman–Crippen LogP) is 4.76. The molecule has 82 valence electrons. The Kier molecular flexibility index (Phi) is 3.78. The maximum Gasteiger partial charge on any atom is 0.429 e. The van der Waals surface area contributed by atoms with E-state index in [2.05, 4.69) is 20.9 Å². The topological polar surface area (TPSA) is 12.4 Å². The normalized spacial score (nSPS) is 13.1. The van der Waals surface area contributed by atoms with Crippen LogP contribution < -0.4 is 0 Å². The average Bonchev–Trinajstić information content (AvgIpc) is 2.08. The molecule has 0 aliphatic heterocycles. The lowest BCUT2D eigenvalue weighted by atomic mass is 10.3. The van der Waals surface area contributed by atoms with E-state index in [1.807, 2.05) is 0 Å². The Hall–Kier alpha value is -0.550. The lowest BCUT2D eigenvalue weighted by Gasteiger charge is -2.06. The number of alkyl halides is 3. The van der Waals surface area contributed by atoms with Crippen molar-refractivity contribution < 1.29 is 13.2 Å². The number of aliphatic imine (C=N–C) groups is 1. The number of benzene rings is 1. The molecule has 0 N–H and O–H groups in total. The van der Waals surface area contributed by atoms with E-state index < -0.39 is 11.9 Å². The van der Waals surface area contributed by atoms with Gasteiger partial charge in [0.15, 0.2) is 0 Å². The predicted molar refractivity (Wildman–Crippen MR) is 58.0 cm³/mol. The van der Waals surface area contributed by atoms with E-state index in [4.69, 9.17) is 11.6 Å². The van der Waals surface area contributed by atoms with E-state index in [-0.39, 0.29) is 5.69 Å². The summed E-state index contributed by atoms with van der Waals surface area (Å²) >= 11 is 8.73. The van der Waals surface area contributed by atoms with Crippen LogP contribution >= 0.6 is 27.5 Å². The number of rotatable bonds is 1. The van der Waals surface area contributed by atoms with Crippen LogP contribution in [0.15, 0.2) is 27.7 Å². The largest absolute Gasteiger partial charge is 0.429 e.